The second-order valence-corrected chi connectivity index (χ2v) is 6.25. The molecule has 0 heterocycles. The van der Waals surface area contributed by atoms with Gasteiger partial charge in [0.25, 0.3) is 0 Å². The van der Waals surface area contributed by atoms with Crippen molar-refractivity contribution < 1.29 is 0 Å². The molecule has 0 saturated heterocycles. The van der Waals surface area contributed by atoms with E-state index in [2.05, 4.69) is 44.2 Å². The maximum absolute atomic E-state index is 2.30. The van der Waals surface area contributed by atoms with E-state index < -0.39 is 0 Å². The summed E-state index contributed by atoms with van der Waals surface area (Å²) in [6.45, 7) is 4.60. The van der Waals surface area contributed by atoms with Crippen LogP contribution in [0.2, 0.25) is 0 Å². The van der Waals surface area contributed by atoms with Gasteiger partial charge in [0.05, 0.1) is 0 Å². The van der Waals surface area contributed by atoms with Gasteiger partial charge < -0.3 is 0 Å². The summed E-state index contributed by atoms with van der Waals surface area (Å²) >= 11 is 0. The van der Waals surface area contributed by atoms with Crippen molar-refractivity contribution in [2.45, 2.75) is 84.5 Å². The van der Waals surface area contributed by atoms with Gasteiger partial charge in [0.15, 0.2) is 0 Å². The average Bonchev–Trinajstić information content (AvgIpc) is 2.48. The van der Waals surface area contributed by atoms with Gasteiger partial charge in [-0.25, -0.2) is 0 Å². The molecular formula is C20H34. The lowest BCUT2D eigenvalue weighted by Crippen LogP contribution is -2.05. The third-order valence-electron chi connectivity index (χ3n) is 4.30. The van der Waals surface area contributed by atoms with Crippen LogP contribution in [0, 0.1) is 5.92 Å². The van der Waals surface area contributed by atoms with Gasteiger partial charge >= 0.3 is 0 Å². The Morgan fingerprint density at radius 2 is 1.25 bits per heavy atom. The van der Waals surface area contributed by atoms with Gasteiger partial charge in [-0.1, -0.05) is 108 Å². The molecule has 0 radical (unpaired) electrons. The molecule has 0 N–H and O–H groups in total. The van der Waals surface area contributed by atoms with Crippen molar-refractivity contribution in [2.75, 3.05) is 0 Å². The fraction of sp³-hybridized carbons (Fsp3) is 0.700. The van der Waals surface area contributed by atoms with Gasteiger partial charge in [0.2, 0.25) is 0 Å². The third kappa shape index (κ3) is 8.40. The second-order valence-electron chi connectivity index (χ2n) is 6.25. The van der Waals surface area contributed by atoms with Crippen LogP contribution in [0.15, 0.2) is 30.3 Å². The fourth-order valence-corrected chi connectivity index (χ4v) is 3.02. The minimum absolute atomic E-state index is 0.908. The van der Waals surface area contributed by atoms with Crippen LogP contribution in [0.4, 0.5) is 0 Å². The zero-order valence-corrected chi connectivity index (χ0v) is 13.7. The average molecular weight is 274 g/mol. The Kier molecular flexibility index (Phi) is 10.4. The molecule has 114 valence electrons. The maximum atomic E-state index is 2.30. The summed E-state index contributed by atoms with van der Waals surface area (Å²) in [4.78, 5) is 0. The van der Waals surface area contributed by atoms with Gasteiger partial charge in [0.1, 0.15) is 0 Å². The minimum atomic E-state index is 0.908. The first kappa shape index (κ1) is 17.3. The molecule has 0 nitrogen and oxygen atoms in total. The molecule has 0 aliphatic carbocycles. The standard InChI is InChI=1S/C20H34/c1-3-5-7-8-11-15-19(14-10-6-4-2)18-20-16-12-9-13-17-20/h9,12-13,16-17,19H,3-8,10-11,14-15,18H2,1-2H3. The number of benzene rings is 1. The molecule has 0 aliphatic heterocycles. The van der Waals surface area contributed by atoms with Crippen molar-refractivity contribution in [3.8, 4) is 0 Å². The van der Waals surface area contributed by atoms with Crippen molar-refractivity contribution in [2.24, 2.45) is 5.92 Å². The van der Waals surface area contributed by atoms with Gasteiger partial charge in [-0.15, -0.1) is 0 Å². The van der Waals surface area contributed by atoms with Crippen molar-refractivity contribution in [1.29, 1.82) is 0 Å². The smallest absolute Gasteiger partial charge is 0.0250 e. The van der Waals surface area contributed by atoms with Crippen LogP contribution in [0.25, 0.3) is 0 Å². The monoisotopic (exact) mass is 274 g/mol. The zero-order chi connectivity index (χ0) is 14.5. The van der Waals surface area contributed by atoms with E-state index in [1.165, 1.54) is 76.2 Å². The summed E-state index contributed by atoms with van der Waals surface area (Å²) < 4.78 is 0. The molecule has 1 unspecified atom stereocenters. The first-order chi connectivity index (χ1) is 9.86. The van der Waals surface area contributed by atoms with E-state index in [9.17, 15) is 0 Å². The van der Waals surface area contributed by atoms with E-state index in [4.69, 9.17) is 0 Å². The predicted octanol–water partition coefficient (Wildman–Crippen LogP) is 6.79. The molecule has 0 amide bonds. The number of hydrogen-bond donors (Lipinski definition) is 0. The minimum Gasteiger partial charge on any atom is -0.0654 e. The summed E-state index contributed by atoms with van der Waals surface area (Å²) in [5, 5.41) is 0. The lowest BCUT2D eigenvalue weighted by atomic mass is 9.89. The summed E-state index contributed by atoms with van der Waals surface area (Å²) in [5.74, 6) is 0.908. The van der Waals surface area contributed by atoms with Crippen LogP contribution in [-0.4, -0.2) is 0 Å². The summed E-state index contributed by atoms with van der Waals surface area (Å²) in [6, 6.07) is 11.1. The van der Waals surface area contributed by atoms with Gasteiger partial charge in [-0.05, 0) is 17.9 Å². The summed E-state index contributed by atoms with van der Waals surface area (Å²) in [7, 11) is 0. The molecule has 0 fully saturated rings. The van der Waals surface area contributed by atoms with Crippen molar-refractivity contribution in [3.05, 3.63) is 35.9 Å². The molecule has 0 aliphatic rings. The van der Waals surface area contributed by atoms with E-state index in [1.54, 1.807) is 0 Å². The molecule has 0 bridgehead atoms. The highest BCUT2D eigenvalue weighted by Crippen LogP contribution is 2.22. The van der Waals surface area contributed by atoms with Crippen LogP contribution in [0.5, 0.6) is 0 Å². The maximum Gasteiger partial charge on any atom is -0.0250 e. The van der Waals surface area contributed by atoms with Crippen molar-refractivity contribution in [1.82, 2.24) is 0 Å². The first-order valence-electron chi connectivity index (χ1n) is 8.90. The highest BCUT2D eigenvalue weighted by Gasteiger charge is 2.09. The Balaban J connectivity index is 2.31. The number of rotatable bonds is 12. The van der Waals surface area contributed by atoms with Crippen LogP contribution >= 0.6 is 0 Å². The van der Waals surface area contributed by atoms with E-state index in [0.29, 0.717) is 0 Å². The van der Waals surface area contributed by atoms with E-state index >= 15 is 0 Å². The Bertz CT molecular complexity index is 301. The molecule has 1 aromatic rings. The molecule has 20 heavy (non-hydrogen) atoms. The Morgan fingerprint density at radius 3 is 1.90 bits per heavy atom. The van der Waals surface area contributed by atoms with Gasteiger partial charge in [-0.3, -0.25) is 0 Å². The van der Waals surface area contributed by atoms with Crippen LogP contribution < -0.4 is 0 Å². The SMILES string of the molecule is CCCCCCCC(CCCCC)Cc1ccccc1. The topological polar surface area (TPSA) is 0 Å². The van der Waals surface area contributed by atoms with E-state index in [0.717, 1.165) is 5.92 Å². The zero-order valence-electron chi connectivity index (χ0n) is 13.7. The highest BCUT2D eigenvalue weighted by atomic mass is 14.1. The molecular weight excluding hydrogens is 240 g/mol. The molecule has 0 heteroatoms. The van der Waals surface area contributed by atoms with Gasteiger partial charge in [0, 0.05) is 0 Å². The lowest BCUT2D eigenvalue weighted by Gasteiger charge is -2.17. The van der Waals surface area contributed by atoms with E-state index in [1.807, 2.05) is 0 Å². The molecule has 0 spiro atoms. The first-order valence-corrected chi connectivity index (χ1v) is 8.90. The quantitative estimate of drug-likeness (QED) is 0.368. The lowest BCUT2D eigenvalue weighted by molar-refractivity contribution is 0.405. The molecule has 0 saturated carbocycles. The second kappa shape index (κ2) is 12.0. The summed E-state index contributed by atoms with van der Waals surface area (Å²) in [6.07, 6.45) is 15.4. The van der Waals surface area contributed by atoms with Crippen molar-refractivity contribution >= 4 is 0 Å². The normalized spacial score (nSPS) is 12.5. The van der Waals surface area contributed by atoms with Gasteiger partial charge in [-0.2, -0.15) is 0 Å². The predicted molar refractivity (Wildman–Crippen MR) is 91.2 cm³/mol. The summed E-state index contributed by atoms with van der Waals surface area (Å²) in [5.41, 5.74) is 1.53. The Morgan fingerprint density at radius 1 is 0.700 bits per heavy atom. The molecule has 1 rings (SSSR count). The third-order valence-corrected chi connectivity index (χ3v) is 4.30. The molecule has 0 aromatic heterocycles. The Labute approximate surface area is 127 Å². The largest absolute Gasteiger partial charge is 0.0654 e. The molecule has 1 atom stereocenters. The number of hydrogen-bond acceptors (Lipinski definition) is 0. The fourth-order valence-electron chi connectivity index (χ4n) is 3.02. The molecule has 1 aromatic carbocycles. The highest BCUT2D eigenvalue weighted by molar-refractivity contribution is 5.15. The number of unbranched alkanes of at least 4 members (excludes halogenated alkanes) is 6. The Hall–Kier alpha value is -0.780. The van der Waals surface area contributed by atoms with E-state index in [-0.39, 0.29) is 0 Å². The van der Waals surface area contributed by atoms with Crippen LogP contribution in [0.1, 0.15) is 83.6 Å². The van der Waals surface area contributed by atoms with Crippen LogP contribution in [0.3, 0.4) is 0 Å². The van der Waals surface area contributed by atoms with Crippen molar-refractivity contribution in [3.63, 3.8) is 0 Å². The van der Waals surface area contributed by atoms with Crippen LogP contribution in [-0.2, 0) is 6.42 Å².